The Morgan fingerprint density at radius 1 is 0.524 bits per heavy atom. The van der Waals surface area contributed by atoms with E-state index in [0.717, 1.165) is 0 Å². The summed E-state index contributed by atoms with van der Waals surface area (Å²) >= 11 is 0. The minimum absolute atomic E-state index is 0. The fourth-order valence-electron chi connectivity index (χ4n) is 6.59. The van der Waals surface area contributed by atoms with Crippen LogP contribution in [0.3, 0.4) is 0 Å². The topological polar surface area (TPSA) is 0 Å². The van der Waals surface area contributed by atoms with Crippen molar-refractivity contribution in [2.24, 2.45) is 0 Å². The fourth-order valence-corrected chi connectivity index (χ4v) is 15.0. The van der Waals surface area contributed by atoms with Crippen LogP contribution in [0, 0.1) is 19.9 Å². The Bertz CT molecular complexity index is 1350. The molecule has 3 aromatic rings. The first-order valence-corrected chi connectivity index (χ1v) is 23.1. The molecule has 7 heteroatoms. The monoisotopic (exact) mass is 704 g/mol. The van der Waals surface area contributed by atoms with Gasteiger partial charge in [0.1, 0.15) is 8.07 Å². The molecule has 4 rings (SSSR count). The Balaban J connectivity index is 0.00000420. The van der Waals surface area contributed by atoms with Crippen LogP contribution in [0.5, 0.6) is 0 Å². The van der Waals surface area contributed by atoms with Gasteiger partial charge in [-0.2, -0.15) is 11.1 Å². The molecule has 1 atom stereocenters. The van der Waals surface area contributed by atoms with E-state index in [2.05, 4.69) is 154 Å². The molecule has 0 nitrogen and oxygen atoms in total. The Hall–Kier alpha value is -0.625. The second kappa shape index (κ2) is 14.6. The summed E-state index contributed by atoms with van der Waals surface area (Å²) in [7, 11) is -5.48. The average Bonchev–Trinajstić information content (AvgIpc) is 3.01. The Kier molecular flexibility index (Phi) is 14.4. The molecule has 0 radical (unpaired) electrons. The van der Waals surface area contributed by atoms with E-state index >= 15 is 0 Å². The number of allylic oxidation sites excluding steroid dienone is 4. The van der Waals surface area contributed by atoms with Crippen LogP contribution in [0.4, 0.5) is 0 Å². The molecular weight excluding hydrogens is 659 g/mol. The maximum atomic E-state index is 4.12. The second-order valence-electron chi connectivity index (χ2n) is 13.9. The molecule has 0 fully saturated rings. The average molecular weight is 706 g/mol. The van der Waals surface area contributed by atoms with E-state index in [1.807, 2.05) is 0 Å². The zero-order chi connectivity index (χ0) is 28.3. The molecule has 0 spiro atoms. The molecule has 0 aromatic heterocycles. The summed E-state index contributed by atoms with van der Waals surface area (Å²) in [5, 5.41) is 7.32. The molecule has 0 saturated heterocycles. The van der Waals surface area contributed by atoms with Crippen LogP contribution >= 0.6 is 0 Å². The maximum absolute atomic E-state index is 4.12. The van der Waals surface area contributed by atoms with Gasteiger partial charge in [-0.15, -0.1) is 6.92 Å². The number of aryl methyl sites for hydroxylation is 2. The van der Waals surface area contributed by atoms with Crippen molar-refractivity contribution in [2.45, 2.75) is 85.9 Å². The predicted octanol–water partition coefficient (Wildman–Crippen LogP) is -2.27. The molecule has 0 amide bonds. The van der Waals surface area contributed by atoms with Crippen molar-refractivity contribution >= 4 is 50.2 Å². The summed E-state index contributed by atoms with van der Waals surface area (Å²) < 4.78 is 0. The van der Waals surface area contributed by atoms with Gasteiger partial charge in [-0.25, -0.2) is 5.57 Å². The Morgan fingerprint density at radius 2 is 0.857 bits per heavy atom. The van der Waals surface area contributed by atoms with Gasteiger partial charge in [-0.1, -0.05) is 153 Å². The molecule has 1 unspecified atom stereocenters. The fraction of sp³-hybridized carbons (Fsp3) is 0.371. The summed E-state index contributed by atoms with van der Waals surface area (Å²) in [6.45, 7) is 28.6. The first kappa shape index (κ1) is 41.4. The van der Waals surface area contributed by atoms with Gasteiger partial charge in [-0.05, 0) is 29.4 Å². The van der Waals surface area contributed by atoms with Crippen LogP contribution in [0.25, 0.3) is 0 Å². The maximum Gasteiger partial charge on any atom is 4.00 e. The van der Waals surface area contributed by atoms with Gasteiger partial charge < -0.3 is 37.2 Å². The van der Waals surface area contributed by atoms with E-state index in [4.69, 9.17) is 0 Å². The first-order valence-electron chi connectivity index (χ1n) is 14.1. The van der Waals surface area contributed by atoms with Crippen LogP contribution in [0.2, 0.25) is 44.3 Å². The molecular formula is C35H47Cl3Si3Ti. The van der Waals surface area contributed by atoms with Gasteiger partial charge in [0.05, 0.1) is 16.1 Å². The van der Waals surface area contributed by atoms with Crippen molar-refractivity contribution in [3.8, 4) is 0 Å². The minimum Gasteiger partial charge on any atom is -1.00 e. The molecule has 0 heterocycles. The molecule has 1 aliphatic rings. The molecule has 1 aliphatic carbocycles. The predicted molar refractivity (Wildman–Crippen MR) is 179 cm³/mol. The van der Waals surface area contributed by atoms with Gasteiger partial charge in [0.2, 0.25) is 0 Å². The standard InChI is InChI=1S/C35H47Si3.3ClH.Ti/c1-25-21-26(2)23-34(22-25)38(35(6)24-27(3)28(4)29(35)5,32-17-13-30(14-18-32)36(7,8)9)33-19-15-31(16-20-33)37(10,11)12;;;;/h13-23H,1-12H3;3*1H;/q-1;;;;+4/p-3. The van der Waals surface area contributed by atoms with Crippen LogP contribution in [-0.2, 0) is 21.7 Å². The normalized spacial score (nSPS) is 16.9. The molecule has 0 N–H and O–H groups in total. The molecule has 0 aliphatic heterocycles. The second-order valence-corrected chi connectivity index (χ2v) is 28.3. The van der Waals surface area contributed by atoms with Crippen molar-refractivity contribution in [3.05, 3.63) is 101 Å². The quantitative estimate of drug-likeness (QED) is 0.155. The third kappa shape index (κ3) is 7.26. The van der Waals surface area contributed by atoms with Crippen molar-refractivity contribution in [3.63, 3.8) is 0 Å². The van der Waals surface area contributed by atoms with Gasteiger partial charge in [0, 0.05) is 0 Å². The van der Waals surface area contributed by atoms with E-state index in [0.29, 0.717) is 0 Å². The zero-order valence-corrected chi connectivity index (χ0v) is 34.3. The number of hydrogen-bond acceptors (Lipinski definition) is 0. The number of benzene rings is 3. The summed E-state index contributed by atoms with van der Waals surface area (Å²) in [5.74, 6) is 0. The van der Waals surface area contributed by atoms with E-state index in [1.54, 1.807) is 0 Å². The van der Waals surface area contributed by atoms with Gasteiger partial charge >= 0.3 is 21.7 Å². The molecule has 42 heavy (non-hydrogen) atoms. The molecule has 0 bridgehead atoms. The SMILES string of the molecule is CC1=[C-]C(C)([Si](c2ccc([Si](C)(C)C)cc2)(c2ccc([Si](C)(C)C)cc2)c2cc(C)cc(C)c2)C(C)=C1C.[Cl-].[Cl-].[Cl-].[Ti+4]. The van der Waals surface area contributed by atoms with Crippen LogP contribution in [0.15, 0.2) is 83.4 Å². The number of hydrogen-bond donors (Lipinski definition) is 0. The largest absolute Gasteiger partial charge is 4.00 e. The van der Waals surface area contributed by atoms with E-state index in [1.165, 1.54) is 53.8 Å². The third-order valence-electron chi connectivity index (χ3n) is 9.09. The first-order chi connectivity index (χ1) is 17.5. The summed E-state index contributed by atoms with van der Waals surface area (Å²) in [6, 6.07) is 27.1. The van der Waals surface area contributed by atoms with Crippen molar-refractivity contribution in [1.29, 1.82) is 0 Å². The van der Waals surface area contributed by atoms with E-state index in [9.17, 15) is 0 Å². The summed E-state index contributed by atoms with van der Waals surface area (Å²) in [5.41, 5.74) is 6.88. The van der Waals surface area contributed by atoms with Crippen molar-refractivity contribution < 1.29 is 58.9 Å². The number of rotatable bonds is 6. The summed E-state index contributed by atoms with van der Waals surface area (Å²) in [6.07, 6.45) is 4.12. The van der Waals surface area contributed by atoms with E-state index in [-0.39, 0.29) is 64.0 Å². The molecule has 0 saturated carbocycles. The zero-order valence-electron chi connectivity index (χ0n) is 27.5. The Morgan fingerprint density at radius 3 is 1.14 bits per heavy atom. The van der Waals surface area contributed by atoms with Crippen molar-refractivity contribution in [2.75, 3.05) is 0 Å². The van der Waals surface area contributed by atoms with Crippen LogP contribution < -0.4 is 63.2 Å². The van der Waals surface area contributed by atoms with Crippen LogP contribution in [0.1, 0.15) is 38.8 Å². The minimum atomic E-state index is -2.65. The van der Waals surface area contributed by atoms with Crippen LogP contribution in [-0.4, -0.2) is 24.2 Å². The van der Waals surface area contributed by atoms with Gasteiger partial charge in [0.25, 0.3) is 0 Å². The van der Waals surface area contributed by atoms with Gasteiger partial charge in [0.15, 0.2) is 0 Å². The smallest absolute Gasteiger partial charge is 1.00 e. The summed E-state index contributed by atoms with van der Waals surface area (Å²) in [4.78, 5) is 0. The van der Waals surface area contributed by atoms with Gasteiger partial charge in [-0.3, -0.25) is 6.08 Å². The number of halogens is 3. The molecule has 224 valence electrons. The Labute approximate surface area is 293 Å². The molecule has 3 aromatic carbocycles. The van der Waals surface area contributed by atoms with Crippen molar-refractivity contribution in [1.82, 2.24) is 0 Å². The third-order valence-corrected chi connectivity index (χ3v) is 18.8. The van der Waals surface area contributed by atoms with E-state index < -0.39 is 24.2 Å².